The number of thiazole rings is 1. The van der Waals surface area contributed by atoms with E-state index in [1.165, 1.54) is 10.9 Å². The summed E-state index contributed by atoms with van der Waals surface area (Å²) >= 11 is 1.73. The van der Waals surface area contributed by atoms with Crippen LogP contribution < -0.4 is 5.32 Å². The van der Waals surface area contributed by atoms with Crippen LogP contribution in [0.4, 0.5) is 4.39 Å². The zero-order valence-corrected chi connectivity index (χ0v) is 13.5. The van der Waals surface area contributed by atoms with Crippen LogP contribution in [0.5, 0.6) is 0 Å². The quantitative estimate of drug-likeness (QED) is 0.938. The van der Waals surface area contributed by atoms with Gasteiger partial charge in [0.05, 0.1) is 5.01 Å². The van der Waals surface area contributed by atoms with Crippen molar-refractivity contribution in [3.05, 3.63) is 51.7 Å². The second kappa shape index (κ2) is 7.31. The van der Waals surface area contributed by atoms with Crippen LogP contribution in [-0.4, -0.2) is 29.5 Å². The van der Waals surface area contributed by atoms with Crippen LogP contribution in [0.2, 0.25) is 0 Å². The summed E-state index contributed by atoms with van der Waals surface area (Å²) in [6.45, 7) is 5.72. The molecule has 1 atom stereocenters. The Morgan fingerprint density at radius 2 is 2.33 bits per heavy atom. The number of benzene rings is 1. The molecule has 0 spiro atoms. The number of aryl methyl sites for hydroxylation is 1. The van der Waals surface area contributed by atoms with Gasteiger partial charge in [-0.15, -0.1) is 23.7 Å². The van der Waals surface area contributed by atoms with Gasteiger partial charge in [-0.1, -0.05) is 12.1 Å². The summed E-state index contributed by atoms with van der Waals surface area (Å²) in [4.78, 5) is 7.98. The molecular weight excluding hydrogens is 309 g/mol. The van der Waals surface area contributed by atoms with Crippen molar-refractivity contribution >= 4 is 23.7 Å². The number of nitrogens with zero attached hydrogens (tertiary/aromatic N) is 2. The molecule has 1 N–H and O–H groups in total. The fraction of sp³-hybridized carbons (Fsp3) is 0.400. The molecular formula is C15H19ClFN3S. The van der Waals surface area contributed by atoms with Crippen LogP contribution in [-0.2, 0) is 6.54 Å². The molecule has 21 heavy (non-hydrogen) atoms. The van der Waals surface area contributed by atoms with E-state index < -0.39 is 0 Å². The van der Waals surface area contributed by atoms with Crippen molar-refractivity contribution in [3.63, 3.8) is 0 Å². The molecule has 1 aliphatic rings. The van der Waals surface area contributed by atoms with Crippen molar-refractivity contribution in [2.45, 2.75) is 19.5 Å². The molecule has 1 aromatic heterocycles. The van der Waals surface area contributed by atoms with Crippen LogP contribution in [0.1, 0.15) is 21.5 Å². The summed E-state index contributed by atoms with van der Waals surface area (Å²) in [7, 11) is 0. The van der Waals surface area contributed by atoms with Crippen LogP contribution in [0.3, 0.4) is 0 Å². The third kappa shape index (κ3) is 4.01. The lowest BCUT2D eigenvalue weighted by molar-refractivity contribution is 0.155. The lowest BCUT2D eigenvalue weighted by Crippen LogP contribution is -2.45. The highest BCUT2D eigenvalue weighted by Gasteiger charge is 2.24. The maximum Gasteiger partial charge on any atom is 0.123 e. The van der Waals surface area contributed by atoms with E-state index in [1.807, 2.05) is 19.2 Å². The lowest BCUT2D eigenvalue weighted by atomic mass is 10.0. The smallest absolute Gasteiger partial charge is 0.123 e. The van der Waals surface area contributed by atoms with Gasteiger partial charge in [-0.25, -0.2) is 9.37 Å². The van der Waals surface area contributed by atoms with Crippen molar-refractivity contribution in [3.8, 4) is 0 Å². The first-order chi connectivity index (χ1) is 9.72. The summed E-state index contributed by atoms with van der Waals surface area (Å²) < 4.78 is 13.4. The van der Waals surface area contributed by atoms with Gasteiger partial charge in [0.25, 0.3) is 0 Å². The average molecular weight is 328 g/mol. The van der Waals surface area contributed by atoms with E-state index in [-0.39, 0.29) is 24.3 Å². The number of aromatic nitrogens is 1. The minimum atomic E-state index is -0.165. The van der Waals surface area contributed by atoms with Gasteiger partial charge in [-0.2, -0.15) is 0 Å². The molecule has 0 aliphatic carbocycles. The van der Waals surface area contributed by atoms with Gasteiger partial charge in [0.1, 0.15) is 5.82 Å². The molecule has 6 heteroatoms. The predicted molar refractivity (Wildman–Crippen MR) is 86.5 cm³/mol. The van der Waals surface area contributed by atoms with Crippen LogP contribution >= 0.6 is 23.7 Å². The maximum atomic E-state index is 13.4. The first kappa shape index (κ1) is 16.4. The number of piperazine rings is 1. The number of hydrogen-bond acceptors (Lipinski definition) is 4. The summed E-state index contributed by atoms with van der Waals surface area (Å²) in [6.07, 6.45) is 1.95. The average Bonchev–Trinajstić information content (AvgIpc) is 2.85. The third-order valence-corrected chi connectivity index (χ3v) is 4.51. The van der Waals surface area contributed by atoms with E-state index >= 15 is 0 Å². The van der Waals surface area contributed by atoms with E-state index in [0.29, 0.717) is 0 Å². The molecule has 1 saturated heterocycles. The van der Waals surface area contributed by atoms with Crippen molar-refractivity contribution in [1.82, 2.24) is 15.2 Å². The summed E-state index contributed by atoms with van der Waals surface area (Å²) in [5.74, 6) is -0.165. The van der Waals surface area contributed by atoms with Gasteiger partial charge in [0.15, 0.2) is 0 Å². The number of halogens is 2. The van der Waals surface area contributed by atoms with Gasteiger partial charge < -0.3 is 5.32 Å². The fourth-order valence-corrected chi connectivity index (χ4v) is 3.48. The van der Waals surface area contributed by atoms with Crippen molar-refractivity contribution in [2.24, 2.45) is 0 Å². The molecule has 0 amide bonds. The third-order valence-electron chi connectivity index (χ3n) is 3.62. The van der Waals surface area contributed by atoms with E-state index in [2.05, 4.69) is 15.2 Å². The number of rotatable bonds is 3. The summed E-state index contributed by atoms with van der Waals surface area (Å²) in [5, 5.41) is 4.49. The minimum Gasteiger partial charge on any atom is -0.314 e. The van der Waals surface area contributed by atoms with Gasteiger partial charge in [-0.3, -0.25) is 4.90 Å². The summed E-state index contributed by atoms with van der Waals surface area (Å²) in [5.41, 5.74) is 1.04. The van der Waals surface area contributed by atoms with E-state index in [0.717, 1.165) is 36.8 Å². The number of nitrogens with one attached hydrogen (secondary N) is 1. The highest BCUT2D eigenvalue weighted by molar-refractivity contribution is 7.11. The lowest BCUT2D eigenvalue weighted by Gasteiger charge is -2.36. The van der Waals surface area contributed by atoms with Crippen molar-refractivity contribution in [1.29, 1.82) is 0 Å². The van der Waals surface area contributed by atoms with Gasteiger partial charge >= 0.3 is 0 Å². The SMILES string of the molecule is Cc1ncc(CN2CCNCC2c2cccc(F)c2)s1.Cl. The highest BCUT2D eigenvalue weighted by atomic mass is 35.5. The Morgan fingerprint density at radius 3 is 3.05 bits per heavy atom. The molecule has 1 aromatic carbocycles. The Morgan fingerprint density at radius 1 is 1.48 bits per heavy atom. The second-order valence-electron chi connectivity index (χ2n) is 5.09. The van der Waals surface area contributed by atoms with Crippen molar-refractivity contribution in [2.75, 3.05) is 19.6 Å². The van der Waals surface area contributed by atoms with E-state index in [9.17, 15) is 4.39 Å². The monoisotopic (exact) mass is 327 g/mol. The summed E-state index contributed by atoms with van der Waals surface area (Å²) in [6, 6.07) is 7.15. The molecule has 1 fully saturated rings. The van der Waals surface area contributed by atoms with E-state index in [4.69, 9.17) is 0 Å². The Hall–Kier alpha value is -1.01. The molecule has 0 saturated carbocycles. The number of hydrogen-bond donors (Lipinski definition) is 1. The Balaban J connectivity index is 0.00000161. The normalized spacial score (nSPS) is 19.2. The van der Waals surface area contributed by atoms with Crippen LogP contribution in [0.15, 0.2) is 30.5 Å². The Kier molecular flexibility index (Phi) is 5.70. The zero-order chi connectivity index (χ0) is 13.9. The van der Waals surface area contributed by atoms with Gasteiger partial charge in [0.2, 0.25) is 0 Å². The first-order valence-electron chi connectivity index (χ1n) is 6.84. The minimum absolute atomic E-state index is 0. The fourth-order valence-electron chi connectivity index (χ4n) is 2.66. The van der Waals surface area contributed by atoms with Crippen molar-refractivity contribution < 1.29 is 4.39 Å². The molecule has 1 aliphatic heterocycles. The highest BCUT2D eigenvalue weighted by Crippen LogP contribution is 2.26. The molecule has 3 rings (SSSR count). The van der Waals surface area contributed by atoms with Gasteiger partial charge in [0, 0.05) is 43.3 Å². The topological polar surface area (TPSA) is 28.2 Å². The molecule has 0 radical (unpaired) electrons. The Bertz CT molecular complexity index is 590. The molecule has 2 heterocycles. The molecule has 3 nitrogen and oxygen atoms in total. The van der Waals surface area contributed by atoms with Gasteiger partial charge in [-0.05, 0) is 24.6 Å². The largest absolute Gasteiger partial charge is 0.314 e. The second-order valence-corrected chi connectivity index (χ2v) is 6.41. The zero-order valence-electron chi connectivity index (χ0n) is 11.9. The molecule has 114 valence electrons. The molecule has 2 aromatic rings. The standard InChI is InChI=1S/C15H18FN3S.ClH/c1-11-18-8-14(20-11)10-19-6-5-17-9-15(19)12-3-2-4-13(16)7-12;/h2-4,7-8,15,17H,5-6,9-10H2,1H3;1H. The molecule has 1 unspecified atom stereocenters. The van der Waals surface area contributed by atoms with Crippen LogP contribution in [0, 0.1) is 12.7 Å². The van der Waals surface area contributed by atoms with Crippen LogP contribution in [0.25, 0.3) is 0 Å². The maximum absolute atomic E-state index is 13.4. The predicted octanol–water partition coefficient (Wildman–Crippen LogP) is 3.16. The Labute approximate surface area is 134 Å². The van der Waals surface area contributed by atoms with E-state index in [1.54, 1.807) is 23.5 Å². The first-order valence-corrected chi connectivity index (χ1v) is 7.65. The molecule has 0 bridgehead atoms.